The average molecular weight is 1340 g/mol. The third-order valence-corrected chi connectivity index (χ3v) is 18.2. The van der Waals surface area contributed by atoms with Gasteiger partial charge in [-0.15, -0.1) is 0 Å². The van der Waals surface area contributed by atoms with Gasteiger partial charge in [0.25, 0.3) is 0 Å². The second-order valence-electron chi connectivity index (χ2n) is 27.5. The molecular formula is C82H75N5OPt-2. The van der Waals surface area contributed by atoms with Crippen molar-refractivity contribution in [3.05, 3.63) is 275 Å². The molecule has 12 aromatic rings. The number of ether oxygens (including phenoxy) is 1. The maximum absolute atomic E-state index is 7.16. The maximum atomic E-state index is 7.16. The standard InChI is InChI=1S/C82H75N5O.Pt/c1-79(2,3)57-44-45-83-77(51-57)87-73-39-24-21-35-66(73)65-34-19-22-37-71(65)86(62-47-58(80(4,5)6)46-59(48-62)81(7,8)9)72-38-23-20-36-67(72)68-43-42-64(53-76(68)87)88-63-33-27-32-61(52-63)84-54-85(75-41-26-25-40-74(75)84)78-69(55-28-15-13-16-29-55)49-60(82(10,11)12)50-70(78)56-30-17-14-18-31-56;/h13-51H,1-12H3;/q-2;. The van der Waals surface area contributed by atoms with Crippen molar-refractivity contribution in [3.63, 3.8) is 0 Å². The topological polar surface area (TPSA) is 38.5 Å². The number of imidazole rings is 1. The number of hydrogen-bond donors (Lipinski definition) is 0. The first-order valence-corrected chi connectivity index (χ1v) is 32.0. The number of fused-ring (bicyclic) bond motifs is 7. The number of hydrogen-bond acceptors (Lipinski definition) is 4. The fourth-order valence-electron chi connectivity index (χ4n) is 12.3. The van der Waals surface area contributed by atoms with Crippen molar-refractivity contribution in [2.75, 3.05) is 9.80 Å². The van der Waals surface area contributed by atoms with Crippen LogP contribution in [0.4, 0.5) is 34.3 Å². The van der Waals surface area contributed by atoms with Crippen molar-refractivity contribution < 1.29 is 24.1 Å². The summed E-state index contributed by atoms with van der Waals surface area (Å²) in [5.74, 6) is 1.86. The molecule has 89 heavy (non-hydrogen) atoms. The third-order valence-electron chi connectivity index (χ3n) is 17.2. The molecule has 10 aromatic carbocycles. The van der Waals surface area contributed by atoms with Crippen LogP contribution in [0.15, 0.2) is 237 Å². The molecule has 0 spiro atoms. The molecule has 0 aliphatic carbocycles. The van der Waals surface area contributed by atoms with Crippen molar-refractivity contribution in [1.29, 1.82) is 0 Å². The molecule has 2 aromatic heterocycles. The molecule has 0 amide bonds. The van der Waals surface area contributed by atoms with Crippen LogP contribution in [0.1, 0.15) is 105 Å². The summed E-state index contributed by atoms with van der Waals surface area (Å²) in [6.07, 6.45) is 1.94. The van der Waals surface area contributed by atoms with E-state index in [1.165, 1.54) is 22.3 Å². The van der Waals surface area contributed by atoms with E-state index in [-0.39, 0.29) is 21.7 Å². The Balaban J connectivity index is 1.02. The summed E-state index contributed by atoms with van der Waals surface area (Å²) in [5, 5.41) is 0. The minimum absolute atomic E-state index is 0.107. The van der Waals surface area contributed by atoms with E-state index in [1.807, 2.05) is 12.3 Å². The molecule has 0 atom stereocenters. The number of rotatable bonds is 8. The number of aromatic nitrogens is 3. The van der Waals surface area contributed by atoms with Gasteiger partial charge in [0.2, 0.25) is 0 Å². The summed E-state index contributed by atoms with van der Waals surface area (Å²) in [6, 6.07) is 91.3. The summed E-state index contributed by atoms with van der Waals surface area (Å²) >= 11 is 2.52. The minimum atomic E-state index is -0.159. The first-order valence-electron chi connectivity index (χ1n) is 30.9. The molecule has 3 heterocycles. The molecule has 0 fully saturated rings. The summed E-state index contributed by atoms with van der Waals surface area (Å²) in [7, 11) is 0. The summed E-state index contributed by atoms with van der Waals surface area (Å²) in [6.45, 7) is 27.5. The molecule has 7 heteroatoms. The summed E-state index contributed by atoms with van der Waals surface area (Å²) in [4.78, 5) is 10.0. The van der Waals surface area contributed by atoms with Crippen molar-refractivity contribution in [2.24, 2.45) is 0 Å². The molecule has 0 saturated heterocycles. The first-order chi connectivity index (χ1) is 42.6. The second-order valence-corrected chi connectivity index (χ2v) is 28.5. The van der Waals surface area contributed by atoms with Crippen LogP contribution in [0.5, 0.6) is 11.5 Å². The fourth-order valence-corrected chi connectivity index (χ4v) is 13.3. The molecule has 0 bridgehead atoms. The zero-order chi connectivity index (χ0) is 62.1. The number of pyridine rings is 1. The van der Waals surface area contributed by atoms with Gasteiger partial charge in [-0.1, -0.05) is 117 Å². The van der Waals surface area contributed by atoms with Crippen LogP contribution in [0.3, 0.4) is 0 Å². The third kappa shape index (κ3) is 11.2. The van der Waals surface area contributed by atoms with Gasteiger partial charge in [-0.05, 0) is 63.3 Å². The van der Waals surface area contributed by atoms with E-state index >= 15 is 0 Å². The molecular weight excluding hydrogens is 1270 g/mol. The van der Waals surface area contributed by atoms with E-state index in [0.29, 0.717) is 11.5 Å². The molecule has 6 nitrogen and oxygen atoms in total. The van der Waals surface area contributed by atoms with Crippen LogP contribution in [0.2, 0.25) is 0 Å². The van der Waals surface area contributed by atoms with Crippen molar-refractivity contribution in [3.8, 4) is 67.4 Å². The molecule has 446 valence electrons. The number of anilines is 6. The zero-order valence-electron chi connectivity index (χ0n) is 53.0. The normalized spacial score (nSPS) is 12.7. The van der Waals surface area contributed by atoms with Crippen molar-refractivity contribution in [2.45, 2.75) is 105 Å². The Morgan fingerprint density at radius 1 is 0.371 bits per heavy atom. The van der Waals surface area contributed by atoms with Crippen LogP contribution >= 0.6 is 0 Å². The summed E-state index contributed by atoms with van der Waals surface area (Å²) < 4.78 is 12.9. The fraction of sp³-hybridized carbons (Fsp3) is 0.195. The zero-order valence-corrected chi connectivity index (χ0v) is 55.2. The van der Waals surface area contributed by atoms with Gasteiger partial charge in [0.1, 0.15) is 0 Å². The first kappa shape index (κ1) is 58.9. The van der Waals surface area contributed by atoms with Gasteiger partial charge in [-0.25, -0.2) is 0 Å². The van der Waals surface area contributed by atoms with Gasteiger partial charge in [-0.3, -0.25) is 0 Å². The van der Waals surface area contributed by atoms with E-state index < -0.39 is 0 Å². The van der Waals surface area contributed by atoms with E-state index in [2.05, 4.69) is 358 Å². The van der Waals surface area contributed by atoms with Crippen LogP contribution < -0.4 is 14.5 Å². The predicted molar refractivity (Wildman–Crippen MR) is 367 cm³/mol. The van der Waals surface area contributed by atoms with Crippen LogP contribution in [0.25, 0.3) is 66.9 Å². The molecule has 0 unspecified atom stereocenters. The Morgan fingerprint density at radius 3 is 1.37 bits per heavy atom. The Hall–Kier alpha value is -9.09. The van der Waals surface area contributed by atoms with Gasteiger partial charge in [-0.2, -0.15) is 0 Å². The van der Waals surface area contributed by atoms with E-state index in [9.17, 15) is 0 Å². The minimum Gasteiger partial charge on any atom is -0.0615 e. The Bertz CT molecular complexity index is 4620. The Kier molecular flexibility index (Phi) is 15.1. The average Bonchev–Trinajstić information content (AvgIpc) is 1.73. The van der Waals surface area contributed by atoms with Gasteiger partial charge in [0, 0.05) is 17.4 Å². The van der Waals surface area contributed by atoms with Crippen molar-refractivity contribution >= 4 is 45.3 Å². The second kappa shape index (κ2) is 22.8. The Morgan fingerprint density at radius 2 is 0.831 bits per heavy atom. The molecule has 1 aliphatic heterocycles. The smallest absolute Gasteiger partial charge is 0.0615 e. The Labute approximate surface area is 536 Å². The van der Waals surface area contributed by atoms with E-state index in [1.54, 1.807) is 0 Å². The van der Waals surface area contributed by atoms with Gasteiger partial charge >= 0.3 is 332 Å². The number of para-hydroxylation sites is 5. The summed E-state index contributed by atoms with van der Waals surface area (Å²) in [5.41, 5.74) is 22.3. The monoisotopic (exact) mass is 1340 g/mol. The van der Waals surface area contributed by atoms with Gasteiger partial charge in [0.05, 0.1) is 5.69 Å². The van der Waals surface area contributed by atoms with Crippen molar-refractivity contribution in [1.82, 2.24) is 14.1 Å². The van der Waals surface area contributed by atoms with Crippen LogP contribution in [-0.2, 0) is 41.0 Å². The molecule has 0 radical (unpaired) electrons. The molecule has 0 N–H and O–H groups in total. The molecule has 1 aliphatic rings. The van der Waals surface area contributed by atoms with Crippen LogP contribution in [-0.4, -0.2) is 14.1 Å². The molecule has 13 rings (SSSR count). The van der Waals surface area contributed by atoms with Crippen LogP contribution in [0, 0.1) is 15.9 Å². The number of nitrogens with zero attached hydrogens (tertiary/aromatic N) is 5. The number of benzene rings is 10. The quantitative estimate of drug-likeness (QED) is 0.142. The van der Waals surface area contributed by atoms with E-state index in [0.717, 1.165) is 105 Å². The SMILES string of the molecule is CC(C)(C)c1cc(N2c3ccccc3-c3ccc(Oc4[c-]c(-n5[c](=[Pt])n(-c6c(-c7ccccc7)cc(C(C)(C)C)cc6-c6ccccc6)c6ccccc65)ccc4)[c-]c3N(c3cc(C(C)(C)C)ccn3)c3ccccc3-c3ccccc32)cc(C(C)(C)C)c1. The molecule has 0 saturated carbocycles. The predicted octanol–water partition coefficient (Wildman–Crippen LogP) is 22.4. The van der Waals surface area contributed by atoms with Gasteiger partial charge in [0.15, 0.2) is 0 Å². The van der Waals surface area contributed by atoms with E-state index in [4.69, 9.17) is 9.72 Å². The van der Waals surface area contributed by atoms with Gasteiger partial charge < -0.3 is 4.90 Å².